The molecule has 3 saturated heterocycles. The van der Waals surface area contributed by atoms with Gasteiger partial charge in [0.2, 0.25) is 11.8 Å². The summed E-state index contributed by atoms with van der Waals surface area (Å²) in [5.74, 6) is -0.547. The SMILES string of the molecule is C[C@@H]1CN(CCO[C@H]2CC[C@H](N3C(=S)N(c4cnc(C#N)c(C(F)(F)F)c4)C(=O)C3(C)C)CC2)C[C@H](C)N1CC(=O)Nc1cccc2c(N3CCC(=O)NC3=O)nn(C)c12. The zero-order valence-corrected chi connectivity index (χ0v) is 34.9. The molecule has 1 aromatic carbocycles. The zero-order chi connectivity index (χ0) is 43.3. The van der Waals surface area contributed by atoms with Crippen LogP contribution < -0.4 is 20.4 Å². The largest absolute Gasteiger partial charge is 0.419 e. The van der Waals surface area contributed by atoms with E-state index in [1.165, 1.54) is 11.0 Å². The summed E-state index contributed by atoms with van der Waals surface area (Å²) in [5.41, 5.74) is -1.99. The number of para-hydroxylation sites is 1. The molecule has 3 aromatic rings. The summed E-state index contributed by atoms with van der Waals surface area (Å²) in [5, 5.41) is 19.9. The average molecular weight is 852 g/mol. The van der Waals surface area contributed by atoms with Crippen molar-refractivity contribution in [2.45, 2.75) is 95.7 Å². The first-order chi connectivity index (χ1) is 28.4. The summed E-state index contributed by atoms with van der Waals surface area (Å²) in [4.78, 5) is 63.9. The number of ether oxygens (including phenoxy) is 1. The number of anilines is 3. The molecule has 0 spiro atoms. The molecule has 60 heavy (non-hydrogen) atoms. The molecule has 4 aliphatic rings. The molecule has 2 N–H and O–H groups in total. The van der Waals surface area contributed by atoms with Crippen LogP contribution in [0.1, 0.15) is 71.1 Å². The van der Waals surface area contributed by atoms with Gasteiger partial charge in [-0.3, -0.25) is 44.0 Å². The van der Waals surface area contributed by atoms with Gasteiger partial charge < -0.3 is 15.0 Å². The predicted octanol–water partition coefficient (Wildman–Crippen LogP) is 4.38. The fourth-order valence-corrected chi connectivity index (χ4v) is 9.62. The van der Waals surface area contributed by atoms with Crippen LogP contribution in [0.15, 0.2) is 30.5 Å². The first-order valence-electron chi connectivity index (χ1n) is 20.0. The number of thiocarbonyl (C=S) groups is 1. The van der Waals surface area contributed by atoms with E-state index in [0.29, 0.717) is 48.4 Å². The smallest absolute Gasteiger partial charge is 0.377 e. The number of amides is 5. The van der Waals surface area contributed by atoms with Gasteiger partial charge in [-0.15, -0.1) is 0 Å². The number of benzene rings is 1. The van der Waals surface area contributed by atoms with E-state index in [9.17, 15) is 32.3 Å². The fraction of sp³-hybridized carbons (Fsp3) is 0.550. The van der Waals surface area contributed by atoms with E-state index in [0.717, 1.165) is 43.1 Å². The van der Waals surface area contributed by atoms with E-state index < -0.39 is 34.9 Å². The number of halogens is 3. The molecule has 0 unspecified atom stereocenters. The van der Waals surface area contributed by atoms with E-state index in [2.05, 4.69) is 44.4 Å². The fourth-order valence-electron chi connectivity index (χ4n) is 9.05. The van der Waals surface area contributed by atoms with Gasteiger partial charge in [-0.1, -0.05) is 6.07 Å². The van der Waals surface area contributed by atoms with E-state index in [1.807, 2.05) is 11.0 Å². The minimum Gasteiger partial charge on any atom is -0.377 e. The third-order valence-electron chi connectivity index (χ3n) is 12.0. The van der Waals surface area contributed by atoms with Gasteiger partial charge >= 0.3 is 12.2 Å². The lowest BCUT2D eigenvalue weighted by Crippen LogP contribution is -2.58. The number of piperazine rings is 1. The lowest BCUT2D eigenvalue weighted by atomic mass is 9.89. The summed E-state index contributed by atoms with van der Waals surface area (Å²) >= 11 is 5.72. The summed E-state index contributed by atoms with van der Waals surface area (Å²) in [6, 6.07) is 7.18. The van der Waals surface area contributed by atoms with Crippen LogP contribution in [0.5, 0.6) is 0 Å². The number of hydrogen-bond donors (Lipinski definition) is 2. The van der Waals surface area contributed by atoms with Gasteiger partial charge in [0, 0.05) is 63.2 Å². The molecule has 1 aliphatic carbocycles. The molecule has 2 atom stereocenters. The van der Waals surface area contributed by atoms with Gasteiger partial charge in [0.25, 0.3) is 5.91 Å². The molecule has 20 heteroatoms. The highest BCUT2D eigenvalue weighted by atomic mass is 32.1. The van der Waals surface area contributed by atoms with Crippen molar-refractivity contribution in [3.63, 3.8) is 0 Å². The molecule has 5 heterocycles. The molecule has 0 bridgehead atoms. The zero-order valence-electron chi connectivity index (χ0n) is 34.1. The van der Waals surface area contributed by atoms with Gasteiger partial charge in [0.05, 0.1) is 47.9 Å². The van der Waals surface area contributed by atoms with E-state index in [-0.39, 0.29) is 66.4 Å². The maximum Gasteiger partial charge on any atom is 0.419 e. The number of pyridine rings is 1. The Morgan fingerprint density at radius 1 is 1.12 bits per heavy atom. The van der Waals surface area contributed by atoms with Crippen LogP contribution in [0.4, 0.5) is 35.2 Å². The van der Waals surface area contributed by atoms with Crippen molar-refractivity contribution >= 4 is 69.2 Å². The Kier molecular flexibility index (Phi) is 11.9. The van der Waals surface area contributed by atoms with E-state index in [4.69, 9.17) is 22.2 Å². The third kappa shape index (κ3) is 8.27. The number of fused-ring (bicyclic) bond motifs is 1. The highest BCUT2D eigenvalue weighted by molar-refractivity contribution is 7.80. The van der Waals surface area contributed by atoms with E-state index in [1.54, 1.807) is 37.7 Å². The van der Waals surface area contributed by atoms with Crippen LogP contribution in [-0.2, 0) is 32.3 Å². The van der Waals surface area contributed by atoms with E-state index >= 15 is 0 Å². The standard InChI is InChI=1S/C40H48F3N11O5S/c1-23-20-50(21-24(2)52(23)22-33(56)46-30-8-6-7-28-34(30)49(5)48-35(28)51-14-13-32(55)47-37(51)58)15-16-59-27-11-9-25(10-12-27)54-38(60)53(36(57)39(54,3)4)26-17-29(40(41,42)43)31(18-44)45-19-26/h6-8,17,19,23-25,27H,9-16,20-22H2,1-5H3,(H,46,56)(H,47,55,58)/t23-,24+,25-,27-. The quantitative estimate of drug-likeness (QED) is 0.277. The normalized spacial score (nSPS) is 24.3. The predicted molar refractivity (Wildman–Crippen MR) is 219 cm³/mol. The topological polar surface area (TPSA) is 172 Å². The lowest BCUT2D eigenvalue weighted by Gasteiger charge is -2.44. The van der Waals surface area contributed by atoms with Gasteiger partial charge in [-0.05, 0) is 83.8 Å². The number of aryl methyl sites for hydroxylation is 1. The number of imide groups is 1. The number of nitriles is 1. The van der Waals surface area contributed by atoms with Crippen LogP contribution in [-0.4, -0.2) is 127 Å². The maximum absolute atomic E-state index is 13.7. The number of carbonyl (C=O) groups is 4. The number of carbonyl (C=O) groups excluding carboxylic acids is 4. The van der Waals surface area contributed by atoms with Crippen molar-refractivity contribution in [1.29, 1.82) is 5.26 Å². The Labute approximate surface area is 350 Å². The number of urea groups is 1. The molecule has 7 rings (SSSR count). The molecular formula is C40H48F3N11O5S. The Hall–Kier alpha value is -5.23. The summed E-state index contributed by atoms with van der Waals surface area (Å²) < 4.78 is 49.1. The summed E-state index contributed by atoms with van der Waals surface area (Å²) in [7, 11) is 1.75. The maximum atomic E-state index is 13.7. The van der Waals surface area contributed by atoms with Crippen molar-refractivity contribution < 1.29 is 37.1 Å². The van der Waals surface area contributed by atoms with Crippen LogP contribution in [0.25, 0.3) is 10.9 Å². The second-order valence-corrected chi connectivity index (χ2v) is 16.8. The minimum atomic E-state index is -4.83. The second kappa shape index (κ2) is 16.7. The minimum absolute atomic E-state index is 0.00501. The number of alkyl halides is 3. The lowest BCUT2D eigenvalue weighted by molar-refractivity contribution is -0.138. The molecule has 3 aliphatic heterocycles. The number of nitrogens with zero attached hydrogens (tertiary/aromatic N) is 9. The number of rotatable bonds is 10. The van der Waals surface area contributed by atoms with Crippen molar-refractivity contribution in [1.82, 2.24) is 34.8 Å². The second-order valence-electron chi connectivity index (χ2n) is 16.4. The Bertz CT molecular complexity index is 2240. The molecule has 4 fully saturated rings. The molecule has 2 aromatic heterocycles. The molecule has 16 nitrogen and oxygen atoms in total. The first kappa shape index (κ1) is 42.9. The summed E-state index contributed by atoms with van der Waals surface area (Å²) in [6.07, 6.45) is -0.771. The van der Waals surface area contributed by atoms with Crippen molar-refractivity contribution in [3.05, 3.63) is 41.7 Å². The van der Waals surface area contributed by atoms with Gasteiger partial charge in [-0.25, -0.2) is 9.78 Å². The third-order valence-corrected chi connectivity index (χ3v) is 12.4. The van der Waals surface area contributed by atoms with Crippen molar-refractivity contribution in [3.8, 4) is 6.07 Å². The van der Waals surface area contributed by atoms with Gasteiger partial charge in [0.1, 0.15) is 11.6 Å². The first-order valence-corrected chi connectivity index (χ1v) is 20.4. The molecule has 320 valence electrons. The monoisotopic (exact) mass is 851 g/mol. The molecule has 1 saturated carbocycles. The summed E-state index contributed by atoms with van der Waals surface area (Å²) in [6.45, 7) is 10.8. The molecular weight excluding hydrogens is 804 g/mol. The molecule has 0 radical (unpaired) electrons. The highest BCUT2D eigenvalue weighted by Crippen LogP contribution is 2.40. The number of nitrogens with one attached hydrogen (secondary N) is 2. The van der Waals surface area contributed by atoms with Gasteiger partial charge in [-0.2, -0.15) is 23.5 Å². The number of aromatic nitrogens is 3. The van der Waals surface area contributed by atoms with Crippen LogP contribution in [0.3, 0.4) is 0 Å². The number of hydrogen-bond acceptors (Lipinski definition) is 11. The Morgan fingerprint density at radius 2 is 1.82 bits per heavy atom. The highest BCUT2D eigenvalue weighted by Gasteiger charge is 2.53. The molecule has 5 amide bonds. The van der Waals surface area contributed by atoms with Crippen LogP contribution in [0.2, 0.25) is 0 Å². The van der Waals surface area contributed by atoms with Crippen molar-refractivity contribution in [2.75, 3.05) is 54.4 Å². The average Bonchev–Trinajstić information content (AvgIpc) is 3.61. The Morgan fingerprint density at radius 3 is 2.47 bits per heavy atom. The van der Waals surface area contributed by atoms with Crippen molar-refractivity contribution in [2.24, 2.45) is 7.05 Å². The van der Waals surface area contributed by atoms with Crippen LogP contribution in [0, 0.1) is 11.3 Å². The van der Waals surface area contributed by atoms with Crippen LogP contribution >= 0.6 is 12.2 Å². The Balaban J connectivity index is 0.884. The van der Waals surface area contributed by atoms with Gasteiger partial charge in [0.15, 0.2) is 16.6 Å².